The Hall–Kier alpha value is -2.87. The van der Waals surface area contributed by atoms with Crippen LogP contribution in [0.5, 0.6) is 0 Å². The smallest absolute Gasteiger partial charge is 0.280 e. The Balaban J connectivity index is 1.85. The first-order chi connectivity index (χ1) is 13.1. The lowest BCUT2D eigenvalue weighted by Gasteiger charge is -2.11. The summed E-state index contributed by atoms with van der Waals surface area (Å²) in [5.74, 6) is -1.35. The summed E-state index contributed by atoms with van der Waals surface area (Å²) in [4.78, 5) is 0.0931. The Morgan fingerprint density at radius 2 is 1.39 bits per heavy atom. The van der Waals surface area contributed by atoms with E-state index in [-0.39, 0.29) is 16.1 Å². The Labute approximate surface area is 159 Å². The first kappa shape index (κ1) is 19.9. The van der Waals surface area contributed by atoms with Crippen molar-refractivity contribution in [2.45, 2.75) is 18.0 Å². The molecule has 0 saturated heterocycles. The van der Waals surface area contributed by atoms with Crippen LogP contribution in [-0.4, -0.2) is 8.42 Å². The number of sulfonamides is 1. The van der Waals surface area contributed by atoms with Gasteiger partial charge < -0.3 is 0 Å². The number of rotatable bonds is 4. The van der Waals surface area contributed by atoms with Crippen LogP contribution in [-0.2, 0) is 16.2 Å². The number of hydrogen-bond acceptors (Lipinski definition) is 2. The van der Waals surface area contributed by atoms with Crippen molar-refractivity contribution >= 4 is 15.7 Å². The van der Waals surface area contributed by atoms with Crippen LogP contribution in [0.25, 0.3) is 11.1 Å². The van der Waals surface area contributed by atoms with Gasteiger partial charge in [0, 0.05) is 5.69 Å². The Bertz CT molecular complexity index is 1090. The molecule has 8 heteroatoms. The molecule has 0 aliphatic carbocycles. The second-order valence-electron chi connectivity index (χ2n) is 6.19. The second-order valence-corrected chi connectivity index (χ2v) is 7.87. The molecule has 0 fully saturated rings. The molecule has 0 heterocycles. The summed E-state index contributed by atoms with van der Waals surface area (Å²) in [5, 5.41) is 0. The highest BCUT2D eigenvalue weighted by molar-refractivity contribution is 7.92. The molecular weight excluding hydrogens is 394 g/mol. The van der Waals surface area contributed by atoms with Crippen LogP contribution in [0.1, 0.15) is 11.1 Å². The fourth-order valence-corrected chi connectivity index (χ4v) is 3.64. The molecule has 28 heavy (non-hydrogen) atoms. The zero-order valence-electron chi connectivity index (χ0n) is 14.6. The standard InChI is InChI=1S/C20H15F4NO2S/c1-13-2-9-17(10-3-13)28(26,27)25-16-7-4-14(5-8-16)15-6-11-19(21)18(12-15)20(22,23)24/h2-12,25H,1H3. The number of benzene rings is 3. The summed E-state index contributed by atoms with van der Waals surface area (Å²) in [6, 6.07) is 14.8. The largest absolute Gasteiger partial charge is 0.419 e. The van der Waals surface area contributed by atoms with Gasteiger partial charge in [0.15, 0.2) is 0 Å². The summed E-state index contributed by atoms with van der Waals surface area (Å²) < 4.78 is 79.2. The van der Waals surface area contributed by atoms with Crippen LogP contribution in [0.3, 0.4) is 0 Å². The van der Waals surface area contributed by atoms with Crippen LogP contribution < -0.4 is 4.72 Å². The van der Waals surface area contributed by atoms with Crippen molar-refractivity contribution < 1.29 is 26.0 Å². The van der Waals surface area contributed by atoms with Gasteiger partial charge in [0.2, 0.25) is 0 Å². The van der Waals surface area contributed by atoms with Gasteiger partial charge in [-0.15, -0.1) is 0 Å². The monoisotopic (exact) mass is 409 g/mol. The van der Waals surface area contributed by atoms with Gasteiger partial charge in [0.25, 0.3) is 10.0 Å². The molecule has 0 spiro atoms. The van der Waals surface area contributed by atoms with Crippen molar-refractivity contribution in [1.29, 1.82) is 0 Å². The quantitative estimate of drug-likeness (QED) is 0.569. The second kappa shape index (κ2) is 7.27. The predicted octanol–water partition coefficient (Wildman–Crippen LogP) is 5.62. The van der Waals surface area contributed by atoms with E-state index in [4.69, 9.17) is 0 Å². The van der Waals surface area contributed by atoms with Gasteiger partial charge in [0.1, 0.15) is 5.82 Å². The third-order valence-corrected chi connectivity index (χ3v) is 5.47. The molecule has 3 nitrogen and oxygen atoms in total. The van der Waals surface area contributed by atoms with Gasteiger partial charge >= 0.3 is 6.18 Å². The number of hydrogen-bond donors (Lipinski definition) is 1. The van der Waals surface area contributed by atoms with Crippen LogP contribution in [0.2, 0.25) is 0 Å². The van der Waals surface area contributed by atoms with E-state index < -0.39 is 27.6 Å². The SMILES string of the molecule is Cc1ccc(S(=O)(=O)Nc2ccc(-c3ccc(F)c(C(F)(F)F)c3)cc2)cc1. The molecule has 0 aromatic heterocycles. The van der Waals surface area contributed by atoms with Gasteiger partial charge in [-0.25, -0.2) is 12.8 Å². The maximum absolute atomic E-state index is 13.4. The van der Waals surface area contributed by atoms with E-state index in [0.29, 0.717) is 5.56 Å². The fraction of sp³-hybridized carbons (Fsp3) is 0.100. The molecule has 146 valence electrons. The molecular formula is C20H15F4NO2S. The van der Waals surface area contributed by atoms with Crippen molar-refractivity contribution in [3.63, 3.8) is 0 Å². The molecule has 0 bridgehead atoms. The van der Waals surface area contributed by atoms with Gasteiger partial charge in [-0.2, -0.15) is 13.2 Å². The average Bonchev–Trinajstić information content (AvgIpc) is 2.62. The van der Waals surface area contributed by atoms with Gasteiger partial charge in [0.05, 0.1) is 10.5 Å². The molecule has 0 aliphatic heterocycles. The Morgan fingerprint density at radius 3 is 1.96 bits per heavy atom. The van der Waals surface area contributed by atoms with Crippen molar-refractivity contribution in [3.8, 4) is 11.1 Å². The lowest BCUT2D eigenvalue weighted by molar-refractivity contribution is -0.139. The third kappa shape index (κ3) is 4.33. The zero-order chi connectivity index (χ0) is 20.5. The molecule has 0 atom stereocenters. The van der Waals surface area contributed by atoms with Crippen LogP contribution in [0.15, 0.2) is 71.6 Å². The summed E-state index contributed by atoms with van der Waals surface area (Å²) in [6.45, 7) is 1.84. The summed E-state index contributed by atoms with van der Waals surface area (Å²) in [6.07, 6.45) is -4.80. The molecule has 0 aliphatic rings. The Kier molecular flexibility index (Phi) is 5.16. The predicted molar refractivity (Wildman–Crippen MR) is 98.8 cm³/mol. The first-order valence-electron chi connectivity index (χ1n) is 8.13. The molecule has 0 unspecified atom stereocenters. The van der Waals surface area contributed by atoms with Crippen molar-refractivity contribution in [3.05, 3.63) is 83.7 Å². The maximum atomic E-state index is 13.4. The number of aryl methyl sites for hydroxylation is 1. The van der Waals surface area contributed by atoms with Crippen molar-refractivity contribution in [1.82, 2.24) is 0 Å². The number of alkyl halides is 3. The van der Waals surface area contributed by atoms with Crippen molar-refractivity contribution in [2.75, 3.05) is 4.72 Å². The minimum absolute atomic E-state index is 0.0931. The summed E-state index contributed by atoms with van der Waals surface area (Å²) in [7, 11) is -3.79. The van der Waals surface area contributed by atoms with Crippen LogP contribution in [0, 0.1) is 12.7 Å². The average molecular weight is 409 g/mol. The summed E-state index contributed by atoms with van der Waals surface area (Å²) in [5.41, 5.74) is 0.378. The van der Waals surface area contributed by atoms with E-state index >= 15 is 0 Å². The van der Waals surface area contributed by atoms with Gasteiger partial charge in [-0.1, -0.05) is 35.9 Å². The lowest BCUT2D eigenvalue weighted by atomic mass is 10.0. The van der Waals surface area contributed by atoms with Gasteiger partial charge in [-0.05, 0) is 54.4 Å². The van der Waals surface area contributed by atoms with Crippen LogP contribution >= 0.6 is 0 Å². The third-order valence-electron chi connectivity index (χ3n) is 4.07. The van der Waals surface area contributed by atoms with Crippen molar-refractivity contribution in [2.24, 2.45) is 0 Å². The summed E-state index contributed by atoms with van der Waals surface area (Å²) >= 11 is 0. The highest BCUT2D eigenvalue weighted by Crippen LogP contribution is 2.34. The maximum Gasteiger partial charge on any atom is 0.419 e. The topological polar surface area (TPSA) is 46.2 Å². The minimum Gasteiger partial charge on any atom is -0.280 e. The first-order valence-corrected chi connectivity index (χ1v) is 9.61. The highest BCUT2D eigenvalue weighted by Gasteiger charge is 2.34. The van der Waals surface area contributed by atoms with E-state index in [1.54, 1.807) is 12.1 Å². The Morgan fingerprint density at radius 1 is 0.821 bits per heavy atom. The van der Waals surface area contributed by atoms with E-state index in [1.807, 2.05) is 6.92 Å². The van der Waals surface area contributed by atoms with Crippen LogP contribution in [0.4, 0.5) is 23.2 Å². The highest BCUT2D eigenvalue weighted by atomic mass is 32.2. The van der Waals surface area contributed by atoms with E-state index in [2.05, 4.69) is 4.72 Å². The molecule has 3 aromatic rings. The normalized spacial score (nSPS) is 12.0. The molecule has 3 rings (SSSR count). The molecule has 0 radical (unpaired) electrons. The van der Waals surface area contributed by atoms with Gasteiger partial charge in [-0.3, -0.25) is 4.72 Å². The minimum atomic E-state index is -4.80. The lowest BCUT2D eigenvalue weighted by Crippen LogP contribution is -2.12. The molecule has 0 saturated carbocycles. The number of nitrogens with one attached hydrogen (secondary N) is 1. The number of anilines is 1. The zero-order valence-corrected chi connectivity index (χ0v) is 15.4. The van der Waals surface area contributed by atoms with E-state index in [1.165, 1.54) is 42.5 Å². The van der Waals surface area contributed by atoms with E-state index in [9.17, 15) is 26.0 Å². The molecule has 1 N–H and O–H groups in total. The molecule has 3 aromatic carbocycles. The van der Waals surface area contributed by atoms with E-state index in [0.717, 1.165) is 17.7 Å². The molecule has 0 amide bonds. The fourth-order valence-electron chi connectivity index (χ4n) is 2.58. The number of halogens is 4.